The van der Waals surface area contributed by atoms with Gasteiger partial charge in [-0.2, -0.15) is 0 Å². The fraction of sp³-hybridized carbons (Fsp3) is 0.455. The molecule has 40 heavy (non-hydrogen) atoms. The van der Waals surface area contributed by atoms with Gasteiger partial charge in [-0.3, -0.25) is 9.59 Å². The van der Waals surface area contributed by atoms with Crippen molar-refractivity contribution >= 4 is 27.5 Å². The van der Waals surface area contributed by atoms with Crippen molar-refractivity contribution in [3.63, 3.8) is 0 Å². The maximum absolute atomic E-state index is 14.2. The van der Waals surface area contributed by atoms with Gasteiger partial charge in [-0.15, -0.1) is 0 Å². The SMILES string of the molecule is CCN1C2=C(C(=O)CC(C)(C)C2)C(c2cc(Br)c(OCc3ccccc3F)c(OC)c2)C2=C1CC(C)(C)CC2=O. The Hall–Kier alpha value is -2.93. The lowest BCUT2D eigenvalue weighted by molar-refractivity contribution is -0.119. The molecular weight excluding hydrogens is 573 g/mol. The molecule has 0 unspecified atom stereocenters. The van der Waals surface area contributed by atoms with E-state index < -0.39 is 5.92 Å². The molecule has 1 heterocycles. The van der Waals surface area contributed by atoms with Crippen molar-refractivity contribution in [1.29, 1.82) is 0 Å². The topological polar surface area (TPSA) is 55.8 Å². The van der Waals surface area contributed by atoms with E-state index in [-0.39, 0.29) is 34.8 Å². The predicted octanol–water partition coefficient (Wildman–Crippen LogP) is 7.88. The van der Waals surface area contributed by atoms with E-state index in [1.165, 1.54) is 6.07 Å². The average Bonchev–Trinajstić information content (AvgIpc) is 2.86. The van der Waals surface area contributed by atoms with Crippen LogP contribution in [0.4, 0.5) is 4.39 Å². The third kappa shape index (κ3) is 5.13. The van der Waals surface area contributed by atoms with Crippen LogP contribution in [0.25, 0.3) is 0 Å². The summed E-state index contributed by atoms with van der Waals surface area (Å²) in [6.07, 6.45) is 2.41. The number of carbonyl (C=O) groups excluding carboxylic acids is 2. The Bertz CT molecular complexity index is 1400. The van der Waals surface area contributed by atoms with E-state index in [0.29, 0.717) is 40.9 Å². The molecular formula is C33H37BrFNO4. The second-order valence-corrected chi connectivity index (χ2v) is 13.5. The van der Waals surface area contributed by atoms with Gasteiger partial charge in [0.2, 0.25) is 0 Å². The van der Waals surface area contributed by atoms with E-state index in [1.54, 1.807) is 25.3 Å². The summed E-state index contributed by atoms with van der Waals surface area (Å²) in [7, 11) is 1.55. The van der Waals surface area contributed by atoms with Crippen LogP contribution in [0.5, 0.6) is 11.5 Å². The molecule has 0 N–H and O–H groups in total. The number of benzene rings is 2. The van der Waals surface area contributed by atoms with E-state index in [1.807, 2.05) is 12.1 Å². The Morgan fingerprint density at radius 2 is 1.52 bits per heavy atom. The van der Waals surface area contributed by atoms with Gasteiger partial charge in [0.1, 0.15) is 12.4 Å². The Labute approximate surface area is 244 Å². The van der Waals surface area contributed by atoms with Gasteiger partial charge >= 0.3 is 0 Å². The third-order valence-electron chi connectivity index (χ3n) is 8.25. The third-order valence-corrected chi connectivity index (χ3v) is 8.84. The molecule has 0 spiro atoms. The Balaban J connectivity index is 1.65. The number of halogens is 2. The maximum atomic E-state index is 14.2. The molecule has 0 aromatic heterocycles. The fourth-order valence-corrected chi connectivity index (χ4v) is 7.15. The normalized spacial score (nSPS) is 20.4. The summed E-state index contributed by atoms with van der Waals surface area (Å²) in [5.74, 6) is 0.257. The van der Waals surface area contributed by atoms with Crippen LogP contribution < -0.4 is 9.47 Å². The highest BCUT2D eigenvalue weighted by Gasteiger charge is 2.48. The number of hydrogen-bond acceptors (Lipinski definition) is 5. The molecule has 7 heteroatoms. The molecule has 0 amide bonds. The highest BCUT2D eigenvalue weighted by molar-refractivity contribution is 9.10. The summed E-state index contributed by atoms with van der Waals surface area (Å²) in [5.41, 5.74) is 4.43. The summed E-state index contributed by atoms with van der Waals surface area (Å²) < 4.78 is 26.6. The molecule has 0 fully saturated rings. The lowest BCUT2D eigenvalue weighted by Crippen LogP contribution is -2.44. The molecule has 0 atom stereocenters. The first-order valence-electron chi connectivity index (χ1n) is 13.9. The molecule has 0 radical (unpaired) electrons. The van der Waals surface area contributed by atoms with Crippen molar-refractivity contribution < 1.29 is 23.5 Å². The van der Waals surface area contributed by atoms with Gasteiger partial charge in [0.15, 0.2) is 23.1 Å². The number of allylic oxidation sites excluding steroid dienone is 4. The number of carbonyl (C=O) groups is 2. The van der Waals surface area contributed by atoms with Crippen molar-refractivity contribution in [2.75, 3.05) is 13.7 Å². The molecule has 1 aliphatic heterocycles. The Morgan fingerprint density at radius 1 is 0.950 bits per heavy atom. The van der Waals surface area contributed by atoms with Crippen molar-refractivity contribution in [1.82, 2.24) is 4.90 Å². The van der Waals surface area contributed by atoms with Gasteiger partial charge in [0.25, 0.3) is 0 Å². The summed E-state index contributed by atoms with van der Waals surface area (Å²) in [5, 5.41) is 0. The Kier molecular flexibility index (Phi) is 7.49. The smallest absolute Gasteiger partial charge is 0.175 e. The van der Waals surface area contributed by atoms with E-state index in [4.69, 9.17) is 9.47 Å². The number of nitrogens with zero attached hydrogens (tertiary/aromatic N) is 1. The molecule has 2 aromatic rings. The first kappa shape index (κ1) is 28.6. The molecule has 0 bridgehead atoms. The van der Waals surface area contributed by atoms with Gasteiger partial charge in [0.05, 0.1) is 11.6 Å². The zero-order valence-corrected chi connectivity index (χ0v) is 25.7. The lowest BCUT2D eigenvalue weighted by atomic mass is 9.63. The molecule has 2 aliphatic carbocycles. The van der Waals surface area contributed by atoms with Gasteiger partial charge < -0.3 is 14.4 Å². The van der Waals surface area contributed by atoms with E-state index >= 15 is 0 Å². The number of methoxy groups -OCH3 is 1. The summed E-state index contributed by atoms with van der Waals surface area (Å²) in [4.78, 5) is 30.0. The maximum Gasteiger partial charge on any atom is 0.175 e. The first-order valence-corrected chi connectivity index (χ1v) is 14.7. The second kappa shape index (κ2) is 10.5. The van der Waals surface area contributed by atoms with Crippen LogP contribution in [0.2, 0.25) is 0 Å². The van der Waals surface area contributed by atoms with Crippen LogP contribution in [-0.4, -0.2) is 30.1 Å². The minimum Gasteiger partial charge on any atom is -0.493 e. The molecule has 212 valence electrons. The minimum atomic E-state index is -0.481. The van der Waals surface area contributed by atoms with Crippen molar-refractivity contribution in [2.24, 2.45) is 10.8 Å². The summed E-state index contributed by atoms with van der Waals surface area (Å²) in [6, 6.07) is 10.3. The standard InChI is InChI=1S/C33H37BrFNO4/c1-7-36-23-14-32(2,3)16-25(37)29(23)28(30-24(36)15-33(4,5)17-26(30)38)20-12-21(34)31(27(13-20)39-6)40-18-19-10-8-9-11-22(19)35/h8-13,28H,7,14-18H2,1-6H3. The largest absolute Gasteiger partial charge is 0.493 e. The molecule has 2 aromatic carbocycles. The van der Waals surface area contributed by atoms with Gasteiger partial charge in [-0.05, 0) is 70.3 Å². The molecule has 0 saturated carbocycles. The minimum absolute atomic E-state index is 0.0294. The summed E-state index contributed by atoms with van der Waals surface area (Å²) in [6.45, 7) is 11.4. The monoisotopic (exact) mass is 609 g/mol. The van der Waals surface area contributed by atoms with Crippen molar-refractivity contribution in [2.45, 2.75) is 72.8 Å². The highest BCUT2D eigenvalue weighted by atomic mass is 79.9. The van der Waals surface area contributed by atoms with Crippen LogP contribution in [-0.2, 0) is 16.2 Å². The zero-order chi connectivity index (χ0) is 29.0. The van der Waals surface area contributed by atoms with Crippen LogP contribution in [0.3, 0.4) is 0 Å². The van der Waals surface area contributed by atoms with Crippen molar-refractivity contribution in [3.8, 4) is 11.5 Å². The first-order chi connectivity index (χ1) is 18.9. The van der Waals surface area contributed by atoms with Crippen LogP contribution >= 0.6 is 15.9 Å². The van der Waals surface area contributed by atoms with Crippen LogP contribution in [0, 0.1) is 16.6 Å². The second-order valence-electron chi connectivity index (χ2n) is 12.7. The molecule has 5 rings (SSSR count). The zero-order valence-electron chi connectivity index (χ0n) is 24.1. The predicted molar refractivity (Wildman–Crippen MR) is 157 cm³/mol. The fourth-order valence-electron chi connectivity index (χ4n) is 6.57. The number of ether oxygens (including phenoxy) is 2. The number of Topliss-reactive ketones (excluding diaryl/α,β-unsaturated/α-hetero) is 2. The lowest BCUT2D eigenvalue weighted by Gasteiger charge is -2.49. The van der Waals surface area contributed by atoms with Crippen LogP contribution in [0.1, 0.15) is 77.3 Å². The van der Waals surface area contributed by atoms with Crippen molar-refractivity contribution in [3.05, 3.63) is 80.4 Å². The number of rotatable bonds is 6. The van der Waals surface area contributed by atoms with E-state index in [0.717, 1.165) is 40.9 Å². The number of ketones is 2. The summed E-state index contributed by atoms with van der Waals surface area (Å²) >= 11 is 3.65. The molecule has 5 nitrogen and oxygen atoms in total. The van der Waals surface area contributed by atoms with Gasteiger partial charge in [-0.25, -0.2) is 4.39 Å². The number of hydrogen-bond donors (Lipinski definition) is 0. The van der Waals surface area contributed by atoms with Gasteiger partial charge in [0, 0.05) is 53.4 Å². The molecule has 3 aliphatic rings. The van der Waals surface area contributed by atoms with Crippen LogP contribution in [0.15, 0.2) is 63.4 Å². The Morgan fingerprint density at radius 3 is 2.05 bits per heavy atom. The highest BCUT2D eigenvalue weighted by Crippen LogP contribution is 2.55. The van der Waals surface area contributed by atoms with E-state index in [2.05, 4.69) is 55.4 Å². The average molecular weight is 611 g/mol. The quantitative estimate of drug-likeness (QED) is 0.333. The van der Waals surface area contributed by atoms with E-state index in [9.17, 15) is 14.0 Å². The molecule has 0 saturated heterocycles. The van der Waals surface area contributed by atoms with Gasteiger partial charge in [-0.1, -0.05) is 45.9 Å².